The number of furan rings is 1. The first-order chi connectivity index (χ1) is 15.2. The van der Waals surface area contributed by atoms with Gasteiger partial charge in [0, 0.05) is 29.3 Å². The minimum Gasteiger partial charge on any atom is -0.450 e. The van der Waals surface area contributed by atoms with Crippen molar-refractivity contribution in [1.82, 2.24) is 0 Å². The molecule has 0 atom stereocenters. The molecule has 0 aliphatic rings. The first-order valence-corrected chi connectivity index (χ1v) is 9.78. The number of fused-ring (bicyclic) bond motifs is 1. The summed E-state index contributed by atoms with van der Waals surface area (Å²) >= 11 is 0. The molecule has 0 radical (unpaired) electrons. The predicted octanol–water partition coefficient (Wildman–Crippen LogP) is 5.04. The van der Waals surface area contributed by atoms with Crippen LogP contribution < -0.4 is 5.32 Å². The van der Waals surface area contributed by atoms with E-state index in [0.717, 1.165) is 16.5 Å². The van der Waals surface area contributed by atoms with Crippen LogP contribution in [0.2, 0.25) is 0 Å². The lowest BCUT2D eigenvalue weighted by Crippen LogP contribution is -2.21. The van der Waals surface area contributed by atoms with E-state index in [1.165, 1.54) is 7.11 Å². The Hall–Kier alpha value is -3.90. The van der Waals surface area contributed by atoms with Gasteiger partial charge in [-0.25, -0.2) is 4.79 Å². The molecule has 0 unspecified atom stereocenters. The quantitative estimate of drug-likeness (QED) is 0.428. The molecule has 1 amide bonds. The van der Waals surface area contributed by atoms with Crippen molar-refractivity contribution in [1.29, 1.82) is 0 Å². The lowest BCUT2D eigenvalue weighted by molar-refractivity contribution is -0.119. The van der Waals surface area contributed by atoms with Gasteiger partial charge in [0.15, 0.2) is 6.61 Å². The molecule has 1 heterocycles. The number of methoxy groups -OCH3 is 1. The van der Waals surface area contributed by atoms with Gasteiger partial charge in [0.25, 0.3) is 5.91 Å². The predicted molar refractivity (Wildman–Crippen MR) is 118 cm³/mol. The molecule has 0 fully saturated rings. The second-order valence-electron chi connectivity index (χ2n) is 6.87. The molecule has 0 spiro atoms. The maximum absolute atomic E-state index is 12.6. The molecule has 0 saturated carbocycles. The summed E-state index contributed by atoms with van der Waals surface area (Å²) in [4.78, 5) is 25.1. The largest absolute Gasteiger partial charge is 0.450 e. The van der Waals surface area contributed by atoms with Crippen LogP contribution in [0.5, 0.6) is 0 Å². The molecule has 156 valence electrons. The molecule has 1 aromatic heterocycles. The highest BCUT2D eigenvalue weighted by molar-refractivity contribution is 5.99. The van der Waals surface area contributed by atoms with Crippen molar-refractivity contribution in [3.05, 3.63) is 90.2 Å². The molecular weight excluding hydrogens is 394 g/mol. The molecule has 31 heavy (non-hydrogen) atoms. The van der Waals surface area contributed by atoms with Gasteiger partial charge in [-0.1, -0.05) is 66.7 Å². The molecule has 0 saturated heterocycles. The van der Waals surface area contributed by atoms with Crippen LogP contribution in [0.1, 0.15) is 16.1 Å². The highest BCUT2D eigenvalue weighted by atomic mass is 16.5. The van der Waals surface area contributed by atoms with Crippen LogP contribution in [-0.4, -0.2) is 25.6 Å². The summed E-state index contributed by atoms with van der Waals surface area (Å²) in [5.41, 5.74) is 3.64. The van der Waals surface area contributed by atoms with Crippen LogP contribution in [0.25, 0.3) is 22.1 Å². The number of anilines is 1. The normalized spacial score (nSPS) is 10.7. The molecule has 1 N–H and O–H groups in total. The van der Waals surface area contributed by atoms with Crippen LogP contribution in [0.4, 0.5) is 5.69 Å². The molecule has 4 rings (SSSR count). The lowest BCUT2D eigenvalue weighted by Gasteiger charge is -2.11. The highest BCUT2D eigenvalue weighted by Gasteiger charge is 2.22. The standard InChI is InChI=1S/C25H21NO5/c1-29-15-20-19-12-6-8-14-22(19)31-24(20)25(28)30-16-23(27)26-21-13-7-5-11-18(21)17-9-3-2-4-10-17/h2-14H,15-16H2,1H3,(H,26,27). The second-order valence-corrected chi connectivity index (χ2v) is 6.87. The van der Waals surface area contributed by atoms with E-state index in [1.807, 2.05) is 66.7 Å². The third-order valence-electron chi connectivity index (χ3n) is 4.79. The van der Waals surface area contributed by atoms with E-state index in [4.69, 9.17) is 13.9 Å². The molecular formula is C25H21NO5. The van der Waals surface area contributed by atoms with Crippen molar-refractivity contribution >= 4 is 28.5 Å². The van der Waals surface area contributed by atoms with Crippen molar-refractivity contribution in [3.63, 3.8) is 0 Å². The fourth-order valence-electron chi connectivity index (χ4n) is 3.40. The second kappa shape index (κ2) is 9.28. The molecule has 6 heteroatoms. The molecule has 0 bridgehead atoms. The van der Waals surface area contributed by atoms with E-state index in [-0.39, 0.29) is 12.4 Å². The summed E-state index contributed by atoms with van der Waals surface area (Å²) in [5, 5.41) is 3.59. The van der Waals surface area contributed by atoms with Crippen LogP contribution in [0, 0.1) is 0 Å². The van der Waals surface area contributed by atoms with Crippen LogP contribution in [-0.2, 0) is 20.9 Å². The topological polar surface area (TPSA) is 77.8 Å². The number of rotatable bonds is 7. The van der Waals surface area contributed by atoms with Gasteiger partial charge in [-0.15, -0.1) is 0 Å². The highest BCUT2D eigenvalue weighted by Crippen LogP contribution is 2.28. The van der Waals surface area contributed by atoms with Crippen molar-refractivity contribution in [2.24, 2.45) is 0 Å². The first-order valence-electron chi connectivity index (χ1n) is 9.78. The number of nitrogens with one attached hydrogen (secondary N) is 1. The number of esters is 1. The van der Waals surface area contributed by atoms with Gasteiger partial charge in [-0.2, -0.15) is 0 Å². The number of benzene rings is 3. The average Bonchev–Trinajstić information content (AvgIpc) is 3.17. The first kappa shape index (κ1) is 20.4. The number of carbonyl (C=O) groups is 2. The Bertz CT molecular complexity index is 1210. The van der Waals surface area contributed by atoms with Crippen LogP contribution in [0.3, 0.4) is 0 Å². The monoisotopic (exact) mass is 415 g/mol. The Morgan fingerprint density at radius 3 is 2.42 bits per heavy atom. The number of carbonyl (C=O) groups excluding carboxylic acids is 2. The van der Waals surface area contributed by atoms with Crippen molar-refractivity contribution in [2.75, 3.05) is 19.0 Å². The minimum atomic E-state index is -0.713. The Morgan fingerprint density at radius 1 is 0.903 bits per heavy atom. The van der Waals surface area contributed by atoms with Gasteiger partial charge < -0.3 is 19.2 Å². The van der Waals surface area contributed by atoms with E-state index in [9.17, 15) is 9.59 Å². The van der Waals surface area contributed by atoms with Gasteiger partial charge in [-0.05, 0) is 17.7 Å². The van der Waals surface area contributed by atoms with E-state index in [0.29, 0.717) is 16.8 Å². The summed E-state index contributed by atoms with van der Waals surface area (Å²) in [6, 6.07) is 24.4. The van der Waals surface area contributed by atoms with E-state index >= 15 is 0 Å². The third kappa shape index (κ3) is 4.49. The van der Waals surface area contributed by atoms with Crippen molar-refractivity contribution in [3.8, 4) is 11.1 Å². The van der Waals surface area contributed by atoms with Gasteiger partial charge in [-0.3, -0.25) is 4.79 Å². The molecule has 0 aliphatic carbocycles. The average molecular weight is 415 g/mol. The number of amides is 1. The lowest BCUT2D eigenvalue weighted by atomic mass is 10.0. The zero-order valence-corrected chi connectivity index (χ0v) is 17.0. The minimum absolute atomic E-state index is 0.0422. The van der Waals surface area contributed by atoms with Crippen LogP contribution >= 0.6 is 0 Å². The Kier molecular flexibility index (Phi) is 6.10. The van der Waals surface area contributed by atoms with Gasteiger partial charge in [0.05, 0.1) is 6.61 Å². The number of hydrogen-bond acceptors (Lipinski definition) is 5. The summed E-state index contributed by atoms with van der Waals surface area (Å²) in [6.45, 7) is -0.247. The van der Waals surface area contributed by atoms with Gasteiger partial charge in [0.2, 0.25) is 5.76 Å². The summed E-state index contributed by atoms with van der Waals surface area (Å²) in [6.07, 6.45) is 0. The molecule has 0 aliphatic heterocycles. The number of hydrogen-bond donors (Lipinski definition) is 1. The Morgan fingerprint density at radius 2 is 1.61 bits per heavy atom. The molecule has 4 aromatic rings. The Balaban J connectivity index is 1.46. The SMILES string of the molecule is COCc1c(C(=O)OCC(=O)Nc2ccccc2-c2ccccc2)oc2ccccc12. The summed E-state index contributed by atoms with van der Waals surface area (Å²) in [5.74, 6) is -1.11. The smallest absolute Gasteiger partial charge is 0.375 e. The number of para-hydroxylation sites is 2. The zero-order chi connectivity index (χ0) is 21.6. The fourth-order valence-corrected chi connectivity index (χ4v) is 3.40. The van der Waals surface area contributed by atoms with Crippen LogP contribution in [0.15, 0.2) is 83.3 Å². The molecule has 6 nitrogen and oxygen atoms in total. The van der Waals surface area contributed by atoms with E-state index < -0.39 is 18.5 Å². The summed E-state index contributed by atoms with van der Waals surface area (Å²) in [7, 11) is 1.54. The van der Waals surface area contributed by atoms with Crippen molar-refractivity contribution < 1.29 is 23.5 Å². The maximum atomic E-state index is 12.6. The van der Waals surface area contributed by atoms with Gasteiger partial charge in [0.1, 0.15) is 5.58 Å². The fraction of sp³-hybridized carbons (Fsp3) is 0.120. The van der Waals surface area contributed by atoms with Gasteiger partial charge >= 0.3 is 5.97 Å². The van der Waals surface area contributed by atoms with Crippen molar-refractivity contribution in [2.45, 2.75) is 6.61 Å². The zero-order valence-electron chi connectivity index (χ0n) is 17.0. The number of ether oxygens (including phenoxy) is 2. The molecule has 3 aromatic carbocycles. The van der Waals surface area contributed by atoms with E-state index in [1.54, 1.807) is 12.1 Å². The Labute approximate surface area is 179 Å². The third-order valence-corrected chi connectivity index (χ3v) is 4.79. The maximum Gasteiger partial charge on any atom is 0.375 e. The van der Waals surface area contributed by atoms with E-state index in [2.05, 4.69) is 5.32 Å². The summed E-state index contributed by atoms with van der Waals surface area (Å²) < 4.78 is 16.1.